The van der Waals surface area contributed by atoms with Crippen LogP contribution in [0.3, 0.4) is 0 Å². The monoisotopic (exact) mass is 700 g/mol. The van der Waals surface area contributed by atoms with E-state index in [0.29, 0.717) is 0 Å². The van der Waals surface area contributed by atoms with Gasteiger partial charge in [-0.05, 0) is 11.6 Å². The van der Waals surface area contributed by atoms with Crippen LogP contribution >= 0.6 is 34.8 Å². The van der Waals surface area contributed by atoms with E-state index in [0.717, 1.165) is 0 Å². The summed E-state index contributed by atoms with van der Waals surface area (Å²) >= 11 is 13.3. The Bertz CT molecular complexity index is 1330. The fourth-order valence-electron chi connectivity index (χ4n) is 3.11. The minimum atomic E-state index is -7.58. The molecule has 0 aliphatic rings. The summed E-state index contributed by atoms with van der Waals surface area (Å²) in [5.41, 5.74) is -14.1. The summed E-state index contributed by atoms with van der Waals surface area (Å²) in [6, 6.07) is 0. The largest absolute Gasteiger partial charge is 0.439 e. The first-order valence-corrected chi connectivity index (χ1v) is 10.7. The quantitative estimate of drug-likeness (QED) is 0.0660. The molecule has 2 aromatic carbocycles. The lowest BCUT2D eigenvalue weighted by Crippen LogP contribution is -2.63. The molecule has 42 heavy (non-hydrogen) atoms. The average Bonchev–Trinajstić information content (AvgIpc) is 2.86. The van der Waals surface area contributed by atoms with Crippen LogP contribution in [0, 0.1) is 58.2 Å². The third-order valence-electron chi connectivity index (χ3n) is 4.94. The molecule has 0 aliphatic carbocycles. The first-order valence-electron chi connectivity index (χ1n) is 9.56. The van der Waals surface area contributed by atoms with E-state index in [1.807, 2.05) is 0 Å². The maximum absolute atomic E-state index is 15.8. The molecule has 0 amide bonds. The molecule has 0 aromatic heterocycles. The highest BCUT2D eigenvalue weighted by molar-refractivity contribution is 6.51. The van der Waals surface area contributed by atoms with Gasteiger partial charge >= 0.3 is 27.9 Å². The second kappa shape index (κ2) is 11.1. The van der Waals surface area contributed by atoms with Crippen LogP contribution in [0.5, 0.6) is 0 Å². The summed E-state index contributed by atoms with van der Waals surface area (Å²) in [5, 5.41) is -5.66. The van der Waals surface area contributed by atoms with Crippen molar-refractivity contribution in [2.75, 3.05) is 0 Å². The Morgan fingerprint density at radius 3 is 1.14 bits per heavy atom. The lowest BCUT2D eigenvalue weighted by molar-refractivity contribution is -0.419. The zero-order valence-electron chi connectivity index (χ0n) is 18.7. The molecule has 0 radical (unpaired) electrons. The molecule has 22 heteroatoms. The Kier molecular flexibility index (Phi) is 9.42. The first-order chi connectivity index (χ1) is 18.8. The normalized spacial score (nSPS) is 14.5. The molecule has 0 saturated carbocycles. The van der Waals surface area contributed by atoms with Gasteiger partial charge in [-0.1, -0.05) is 29.8 Å². The standard InChI is InChI=1S/C20H3Cl3F16O3/c1-2-3(40)41-16(4-6(24)10(28)14(32)11(29)7(4)25,5-8(26)12(30)15(33)13(31)9(5)27)17(34,35)20(38,39)42-19(23,37)18(21,22)36/h2H,1H2. The van der Waals surface area contributed by atoms with Gasteiger partial charge in [0, 0.05) is 6.08 Å². The van der Waals surface area contributed by atoms with Crippen LogP contribution < -0.4 is 0 Å². The molecule has 1 unspecified atom stereocenters. The maximum Gasteiger partial charge on any atom is 0.428 e. The van der Waals surface area contributed by atoms with Crippen molar-refractivity contribution in [3.8, 4) is 0 Å². The molecule has 3 nitrogen and oxygen atoms in total. The van der Waals surface area contributed by atoms with Gasteiger partial charge in [0.25, 0.3) is 0 Å². The molecule has 234 valence electrons. The summed E-state index contributed by atoms with van der Waals surface area (Å²) in [6.45, 7) is 2.46. The Balaban J connectivity index is 3.44. The fourth-order valence-corrected chi connectivity index (χ4v) is 3.29. The number of benzene rings is 2. The molecule has 2 aromatic rings. The average molecular weight is 702 g/mol. The topological polar surface area (TPSA) is 35.5 Å². The lowest BCUT2D eigenvalue weighted by Gasteiger charge is -2.43. The minimum absolute atomic E-state index is 0.493. The number of ether oxygens (including phenoxy) is 2. The van der Waals surface area contributed by atoms with Gasteiger partial charge in [0.05, 0.1) is 11.1 Å². The second-order valence-corrected chi connectivity index (χ2v) is 9.13. The van der Waals surface area contributed by atoms with Gasteiger partial charge in [0.2, 0.25) is 17.2 Å². The lowest BCUT2D eigenvalue weighted by atomic mass is 9.78. The summed E-state index contributed by atoms with van der Waals surface area (Å²) in [6.07, 6.45) is -7.85. The van der Waals surface area contributed by atoms with Crippen molar-refractivity contribution in [3.05, 3.63) is 82.0 Å². The number of hydrogen-bond acceptors (Lipinski definition) is 3. The zero-order chi connectivity index (χ0) is 33.1. The van der Waals surface area contributed by atoms with E-state index in [9.17, 15) is 66.3 Å². The van der Waals surface area contributed by atoms with Gasteiger partial charge in [-0.15, -0.1) is 0 Å². The molecule has 0 saturated heterocycles. The van der Waals surface area contributed by atoms with E-state index in [1.54, 1.807) is 0 Å². The Hall–Kier alpha value is -2.64. The van der Waals surface area contributed by atoms with Gasteiger partial charge in [-0.2, -0.15) is 26.3 Å². The Morgan fingerprint density at radius 2 is 0.881 bits per heavy atom. The molecule has 0 bridgehead atoms. The van der Waals surface area contributed by atoms with Crippen molar-refractivity contribution in [2.24, 2.45) is 0 Å². The van der Waals surface area contributed by atoms with Crippen LogP contribution in [0.2, 0.25) is 0 Å². The van der Waals surface area contributed by atoms with Crippen molar-refractivity contribution in [1.82, 2.24) is 0 Å². The number of rotatable bonds is 9. The van der Waals surface area contributed by atoms with E-state index in [1.165, 1.54) is 0 Å². The zero-order valence-corrected chi connectivity index (χ0v) is 21.0. The van der Waals surface area contributed by atoms with Crippen molar-refractivity contribution < 1.29 is 84.5 Å². The summed E-state index contributed by atoms with van der Waals surface area (Å²) in [5.74, 6) is -46.2. The van der Waals surface area contributed by atoms with E-state index in [2.05, 4.69) is 50.9 Å². The summed E-state index contributed by atoms with van der Waals surface area (Å²) in [7, 11) is 0. The number of hydrogen-bond donors (Lipinski definition) is 0. The SMILES string of the molecule is C=CC(=O)OC(c1c(F)c(F)c(F)c(F)c1F)(c1c(F)c(F)c(F)c(F)c1F)C(F)(F)C(F)(F)OC(F)(Cl)C(F)(Cl)Cl. The molecule has 0 aliphatic heterocycles. The van der Waals surface area contributed by atoms with Gasteiger partial charge in [0.15, 0.2) is 46.5 Å². The maximum atomic E-state index is 15.8. The van der Waals surface area contributed by atoms with Crippen LogP contribution in [0.25, 0.3) is 0 Å². The van der Waals surface area contributed by atoms with Crippen molar-refractivity contribution in [2.45, 2.75) is 27.5 Å². The third-order valence-corrected chi connectivity index (χ3v) is 5.96. The highest BCUT2D eigenvalue weighted by atomic mass is 35.5. The molecule has 0 spiro atoms. The van der Waals surface area contributed by atoms with Crippen molar-refractivity contribution in [3.63, 3.8) is 0 Å². The second-order valence-electron chi connectivity index (χ2n) is 7.40. The van der Waals surface area contributed by atoms with Crippen LogP contribution in [0.15, 0.2) is 12.7 Å². The molecule has 0 fully saturated rings. The van der Waals surface area contributed by atoms with Crippen molar-refractivity contribution >= 4 is 40.8 Å². The number of halogens is 19. The highest BCUT2D eigenvalue weighted by Gasteiger charge is 2.79. The summed E-state index contributed by atoms with van der Waals surface area (Å²) < 4.78 is 233. The summed E-state index contributed by atoms with van der Waals surface area (Å²) in [4.78, 5) is 11.9. The molecule has 0 heterocycles. The molecular formula is C20H3Cl3F16O3. The number of esters is 1. The minimum Gasteiger partial charge on any atom is -0.439 e. The highest BCUT2D eigenvalue weighted by Crippen LogP contribution is 2.59. The van der Waals surface area contributed by atoms with Gasteiger partial charge in [-0.25, -0.2) is 48.7 Å². The van der Waals surface area contributed by atoms with Crippen LogP contribution in [-0.4, -0.2) is 27.9 Å². The number of carbonyl (C=O) groups excluding carboxylic acids is 1. The van der Waals surface area contributed by atoms with Crippen LogP contribution in [0.1, 0.15) is 11.1 Å². The Morgan fingerprint density at radius 1 is 0.595 bits per heavy atom. The van der Waals surface area contributed by atoms with E-state index in [4.69, 9.17) is 0 Å². The van der Waals surface area contributed by atoms with Crippen molar-refractivity contribution in [1.29, 1.82) is 0 Å². The Labute approximate surface area is 235 Å². The molecule has 2 rings (SSSR count). The van der Waals surface area contributed by atoms with Crippen LogP contribution in [-0.2, 0) is 19.9 Å². The molecule has 1 atom stereocenters. The van der Waals surface area contributed by atoms with Gasteiger partial charge < -0.3 is 4.74 Å². The van der Waals surface area contributed by atoms with Crippen LogP contribution in [0.4, 0.5) is 70.2 Å². The molecular weight excluding hydrogens is 699 g/mol. The predicted octanol–water partition coefficient (Wildman–Crippen LogP) is 8.26. The molecule has 0 N–H and O–H groups in total. The number of carbonyl (C=O) groups is 1. The smallest absolute Gasteiger partial charge is 0.428 e. The van der Waals surface area contributed by atoms with E-state index < -0.39 is 109 Å². The van der Waals surface area contributed by atoms with E-state index in [-0.39, 0.29) is 0 Å². The van der Waals surface area contributed by atoms with E-state index >= 15 is 8.78 Å². The predicted molar refractivity (Wildman–Crippen MR) is 106 cm³/mol. The van der Waals surface area contributed by atoms with Gasteiger partial charge in [0.1, 0.15) is 0 Å². The first kappa shape index (κ1) is 35.6. The number of alkyl halides is 9. The van der Waals surface area contributed by atoms with Gasteiger partial charge in [-0.3, -0.25) is 4.74 Å². The fraction of sp³-hybridized carbons (Fsp3) is 0.250. The third kappa shape index (κ3) is 5.21.